The van der Waals surface area contributed by atoms with Crippen molar-refractivity contribution in [3.8, 4) is 23.1 Å². The maximum Gasteiger partial charge on any atom is 0.227 e. The first-order valence-electron chi connectivity index (χ1n) is 9.26. The molecule has 1 aliphatic heterocycles. The van der Waals surface area contributed by atoms with Gasteiger partial charge in [0.05, 0.1) is 24.5 Å². The first kappa shape index (κ1) is 18.0. The highest BCUT2D eigenvalue weighted by atomic mass is 16.5. The first-order valence-corrected chi connectivity index (χ1v) is 9.26. The standard InChI is InChI=1S/C22H20N4O2/c23-15-17-14-16(6-7-21(17)28-19-9-12-27-13-10-19)20-8-11-24-22(26-20)25-18-4-2-1-3-5-18/h1-8,11,14,19H,9-10,12-13H2,(H,24,25,26). The monoisotopic (exact) mass is 372 g/mol. The molecule has 1 saturated heterocycles. The van der Waals surface area contributed by atoms with E-state index in [-0.39, 0.29) is 6.10 Å². The largest absolute Gasteiger partial charge is 0.489 e. The summed E-state index contributed by atoms with van der Waals surface area (Å²) in [5.41, 5.74) is 3.00. The Morgan fingerprint density at radius 1 is 1.07 bits per heavy atom. The van der Waals surface area contributed by atoms with Gasteiger partial charge in [-0.25, -0.2) is 9.97 Å². The van der Waals surface area contributed by atoms with Crippen molar-refractivity contribution in [3.63, 3.8) is 0 Å². The van der Waals surface area contributed by atoms with Crippen molar-refractivity contribution in [2.75, 3.05) is 18.5 Å². The minimum atomic E-state index is 0.0902. The van der Waals surface area contributed by atoms with E-state index < -0.39 is 0 Å². The molecule has 1 N–H and O–H groups in total. The second-order valence-corrected chi connectivity index (χ2v) is 6.51. The molecule has 1 fully saturated rings. The molecular formula is C22H20N4O2. The third kappa shape index (κ3) is 4.27. The van der Waals surface area contributed by atoms with Crippen LogP contribution in [0.1, 0.15) is 18.4 Å². The third-order valence-electron chi connectivity index (χ3n) is 4.54. The molecular weight excluding hydrogens is 352 g/mol. The molecule has 1 aromatic heterocycles. The number of para-hydroxylation sites is 1. The van der Waals surface area contributed by atoms with E-state index in [4.69, 9.17) is 9.47 Å². The number of nitriles is 1. The average molecular weight is 372 g/mol. The van der Waals surface area contributed by atoms with E-state index in [0.29, 0.717) is 30.5 Å². The molecule has 0 unspecified atom stereocenters. The van der Waals surface area contributed by atoms with Crippen LogP contribution >= 0.6 is 0 Å². The van der Waals surface area contributed by atoms with Crippen LogP contribution in [0.15, 0.2) is 60.8 Å². The van der Waals surface area contributed by atoms with Crippen LogP contribution in [0.3, 0.4) is 0 Å². The smallest absolute Gasteiger partial charge is 0.227 e. The van der Waals surface area contributed by atoms with Crippen molar-refractivity contribution in [2.45, 2.75) is 18.9 Å². The highest BCUT2D eigenvalue weighted by Gasteiger charge is 2.17. The van der Waals surface area contributed by atoms with Gasteiger partial charge < -0.3 is 14.8 Å². The van der Waals surface area contributed by atoms with E-state index in [1.807, 2.05) is 54.6 Å². The molecule has 140 valence electrons. The Bertz CT molecular complexity index is 979. The zero-order chi connectivity index (χ0) is 19.2. The highest BCUT2D eigenvalue weighted by molar-refractivity contribution is 5.65. The van der Waals surface area contributed by atoms with E-state index in [1.165, 1.54) is 0 Å². The molecule has 2 heterocycles. The minimum Gasteiger partial charge on any atom is -0.489 e. The van der Waals surface area contributed by atoms with Gasteiger partial charge in [0.1, 0.15) is 17.9 Å². The molecule has 0 saturated carbocycles. The van der Waals surface area contributed by atoms with Gasteiger partial charge in [-0.2, -0.15) is 5.26 Å². The lowest BCUT2D eigenvalue weighted by Gasteiger charge is -2.23. The molecule has 0 amide bonds. The molecule has 6 nitrogen and oxygen atoms in total. The summed E-state index contributed by atoms with van der Waals surface area (Å²) in [5.74, 6) is 1.11. The van der Waals surface area contributed by atoms with Gasteiger partial charge in [-0.05, 0) is 36.4 Å². The van der Waals surface area contributed by atoms with Gasteiger partial charge in [0.15, 0.2) is 0 Å². The summed E-state index contributed by atoms with van der Waals surface area (Å²) >= 11 is 0. The fourth-order valence-corrected chi connectivity index (χ4v) is 3.08. The SMILES string of the molecule is N#Cc1cc(-c2ccnc(Nc3ccccc3)n2)ccc1OC1CCOCC1. The summed E-state index contributed by atoms with van der Waals surface area (Å²) in [6, 6.07) is 19.4. The van der Waals surface area contributed by atoms with Gasteiger partial charge in [-0.15, -0.1) is 0 Å². The number of hydrogen-bond donors (Lipinski definition) is 1. The first-order chi connectivity index (χ1) is 13.8. The Morgan fingerprint density at radius 3 is 2.68 bits per heavy atom. The number of rotatable bonds is 5. The van der Waals surface area contributed by atoms with Crippen molar-refractivity contribution < 1.29 is 9.47 Å². The van der Waals surface area contributed by atoms with Gasteiger partial charge in [0.2, 0.25) is 5.95 Å². The fraction of sp³-hybridized carbons (Fsp3) is 0.227. The molecule has 0 bridgehead atoms. The fourth-order valence-electron chi connectivity index (χ4n) is 3.08. The Morgan fingerprint density at radius 2 is 1.89 bits per heavy atom. The molecule has 3 aromatic rings. The Balaban J connectivity index is 1.55. The van der Waals surface area contributed by atoms with Gasteiger partial charge >= 0.3 is 0 Å². The van der Waals surface area contributed by atoms with Crippen molar-refractivity contribution in [3.05, 3.63) is 66.4 Å². The molecule has 0 atom stereocenters. The predicted molar refractivity (Wildman–Crippen MR) is 106 cm³/mol. The summed E-state index contributed by atoms with van der Waals surface area (Å²) in [6.07, 6.45) is 3.47. The zero-order valence-electron chi connectivity index (χ0n) is 15.3. The molecule has 0 radical (unpaired) electrons. The van der Waals surface area contributed by atoms with Crippen molar-refractivity contribution >= 4 is 11.6 Å². The van der Waals surface area contributed by atoms with Crippen molar-refractivity contribution in [1.82, 2.24) is 9.97 Å². The quantitative estimate of drug-likeness (QED) is 0.719. The Labute approximate surface area is 163 Å². The average Bonchev–Trinajstić information content (AvgIpc) is 2.76. The van der Waals surface area contributed by atoms with E-state index in [0.717, 1.165) is 29.8 Å². The van der Waals surface area contributed by atoms with Crippen molar-refractivity contribution in [1.29, 1.82) is 5.26 Å². The molecule has 0 aliphatic carbocycles. The second kappa shape index (κ2) is 8.51. The van der Waals surface area contributed by atoms with Crippen LogP contribution in [0.2, 0.25) is 0 Å². The molecule has 6 heteroatoms. The highest BCUT2D eigenvalue weighted by Crippen LogP contribution is 2.28. The summed E-state index contributed by atoms with van der Waals surface area (Å²) in [5, 5.41) is 12.8. The summed E-state index contributed by atoms with van der Waals surface area (Å²) in [6.45, 7) is 1.39. The van der Waals surface area contributed by atoms with Gasteiger partial charge in [-0.3, -0.25) is 0 Å². The lowest BCUT2D eigenvalue weighted by Crippen LogP contribution is -2.26. The number of nitrogens with one attached hydrogen (secondary N) is 1. The summed E-state index contributed by atoms with van der Waals surface area (Å²) < 4.78 is 11.4. The summed E-state index contributed by atoms with van der Waals surface area (Å²) in [7, 11) is 0. The van der Waals surface area contributed by atoms with Crippen LogP contribution in [-0.4, -0.2) is 29.3 Å². The second-order valence-electron chi connectivity index (χ2n) is 6.51. The molecule has 1 aliphatic rings. The van der Waals surface area contributed by atoms with Gasteiger partial charge in [-0.1, -0.05) is 18.2 Å². The molecule has 0 spiro atoms. The van der Waals surface area contributed by atoms with E-state index in [1.54, 1.807) is 6.20 Å². The lowest BCUT2D eigenvalue weighted by molar-refractivity contribution is 0.0254. The molecule has 2 aromatic carbocycles. The van der Waals surface area contributed by atoms with E-state index in [9.17, 15) is 5.26 Å². The maximum atomic E-state index is 9.57. The number of ether oxygens (including phenoxy) is 2. The number of nitrogens with zero attached hydrogens (tertiary/aromatic N) is 3. The molecule has 28 heavy (non-hydrogen) atoms. The predicted octanol–water partition coefficient (Wildman–Crippen LogP) is 4.32. The van der Waals surface area contributed by atoms with Crippen LogP contribution in [0, 0.1) is 11.3 Å². The van der Waals surface area contributed by atoms with Crippen LogP contribution < -0.4 is 10.1 Å². The van der Waals surface area contributed by atoms with Crippen LogP contribution in [0.5, 0.6) is 5.75 Å². The lowest BCUT2D eigenvalue weighted by atomic mass is 10.1. The van der Waals surface area contributed by atoms with Crippen molar-refractivity contribution in [2.24, 2.45) is 0 Å². The Hall–Kier alpha value is -3.43. The third-order valence-corrected chi connectivity index (χ3v) is 4.54. The van der Waals surface area contributed by atoms with Crippen LogP contribution in [0.4, 0.5) is 11.6 Å². The number of aromatic nitrogens is 2. The number of hydrogen-bond acceptors (Lipinski definition) is 6. The van der Waals surface area contributed by atoms with Crippen LogP contribution in [0.25, 0.3) is 11.3 Å². The Kier molecular flexibility index (Phi) is 5.46. The van der Waals surface area contributed by atoms with Gasteiger partial charge in [0.25, 0.3) is 0 Å². The number of benzene rings is 2. The minimum absolute atomic E-state index is 0.0902. The van der Waals surface area contributed by atoms with E-state index in [2.05, 4.69) is 21.4 Å². The van der Waals surface area contributed by atoms with E-state index >= 15 is 0 Å². The maximum absolute atomic E-state index is 9.57. The van der Waals surface area contributed by atoms with Crippen LogP contribution in [-0.2, 0) is 4.74 Å². The number of anilines is 2. The molecule has 4 rings (SSSR count). The van der Waals surface area contributed by atoms with Gasteiger partial charge in [0, 0.05) is 30.3 Å². The summed E-state index contributed by atoms with van der Waals surface area (Å²) in [4.78, 5) is 8.84. The normalized spacial score (nSPS) is 14.2. The zero-order valence-corrected chi connectivity index (χ0v) is 15.3. The topological polar surface area (TPSA) is 80.1 Å².